The molecule has 0 bridgehead atoms. The highest BCUT2D eigenvalue weighted by atomic mass is 16.5. The van der Waals surface area contributed by atoms with Crippen molar-refractivity contribution in [1.82, 2.24) is 20.4 Å². The minimum atomic E-state index is -0.723. The smallest absolute Gasteiger partial charge is 0.317 e. The van der Waals surface area contributed by atoms with Crippen molar-refractivity contribution in [3.8, 4) is 0 Å². The van der Waals surface area contributed by atoms with Gasteiger partial charge in [-0.1, -0.05) is 19.0 Å². The van der Waals surface area contributed by atoms with Crippen LogP contribution in [0.25, 0.3) is 0 Å². The zero-order chi connectivity index (χ0) is 18.7. The minimum absolute atomic E-state index is 0.0433. The Bertz CT molecular complexity index is 629. The van der Waals surface area contributed by atoms with Crippen LogP contribution in [0.2, 0.25) is 0 Å². The number of nitrogens with zero attached hydrogens (tertiary/aromatic N) is 3. The third kappa shape index (κ3) is 4.34. The number of amides is 2. The quantitative estimate of drug-likeness (QED) is 0.850. The fraction of sp³-hybridized carbons (Fsp3) is 0.778. The normalized spacial score (nSPS) is 24.7. The Balaban J connectivity index is 1.44. The van der Waals surface area contributed by atoms with Crippen molar-refractivity contribution >= 4 is 12.0 Å². The van der Waals surface area contributed by atoms with Gasteiger partial charge in [0.15, 0.2) is 5.82 Å². The van der Waals surface area contributed by atoms with Crippen molar-refractivity contribution in [1.29, 1.82) is 0 Å². The number of hydrogen-bond acceptors (Lipinski definition) is 5. The van der Waals surface area contributed by atoms with Crippen LogP contribution in [0.1, 0.15) is 75.9 Å². The lowest BCUT2D eigenvalue weighted by molar-refractivity contribution is -0.142. The van der Waals surface area contributed by atoms with Gasteiger partial charge in [-0.25, -0.2) is 4.79 Å². The summed E-state index contributed by atoms with van der Waals surface area (Å²) in [4.78, 5) is 29.8. The van der Waals surface area contributed by atoms with Gasteiger partial charge in [0.05, 0.1) is 5.92 Å². The Morgan fingerprint density at radius 3 is 2.35 bits per heavy atom. The van der Waals surface area contributed by atoms with Crippen LogP contribution in [0.4, 0.5) is 4.79 Å². The Morgan fingerprint density at radius 2 is 1.81 bits per heavy atom. The molecule has 8 heteroatoms. The van der Waals surface area contributed by atoms with Crippen molar-refractivity contribution in [3.05, 3.63) is 11.7 Å². The van der Waals surface area contributed by atoms with E-state index >= 15 is 0 Å². The Kier molecular flexibility index (Phi) is 5.78. The second-order valence-electron chi connectivity index (χ2n) is 7.74. The lowest BCUT2D eigenvalue weighted by Gasteiger charge is -2.33. The molecular formula is C18H28N4O4. The van der Waals surface area contributed by atoms with E-state index in [2.05, 4.69) is 15.5 Å². The number of likely N-dealkylation sites (tertiary alicyclic amines) is 1. The third-order valence-corrected chi connectivity index (χ3v) is 5.50. The molecule has 1 saturated heterocycles. The Morgan fingerprint density at radius 1 is 1.15 bits per heavy atom. The molecule has 1 aliphatic heterocycles. The van der Waals surface area contributed by atoms with Gasteiger partial charge in [0, 0.05) is 31.0 Å². The van der Waals surface area contributed by atoms with E-state index in [1.54, 1.807) is 0 Å². The summed E-state index contributed by atoms with van der Waals surface area (Å²) in [5.41, 5.74) is 0. The molecule has 0 aromatic carbocycles. The van der Waals surface area contributed by atoms with E-state index in [0.29, 0.717) is 31.8 Å². The molecule has 0 spiro atoms. The molecule has 3 rings (SSSR count). The number of piperidine rings is 1. The molecule has 26 heavy (non-hydrogen) atoms. The fourth-order valence-electron chi connectivity index (χ4n) is 3.74. The monoisotopic (exact) mass is 364 g/mol. The van der Waals surface area contributed by atoms with Crippen LogP contribution in [0.5, 0.6) is 0 Å². The highest BCUT2D eigenvalue weighted by Gasteiger charge is 2.30. The van der Waals surface area contributed by atoms with Crippen LogP contribution in [-0.4, -0.2) is 51.3 Å². The first-order chi connectivity index (χ1) is 12.4. The number of carbonyl (C=O) groups is 2. The molecule has 144 valence electrons. The van der Waals surface area contributed by atoms with Crippen LogP contribution >= 0.6 is 0 Å². The molecule has 1 saturated carbocycles. The second-order valence-corrected chi connectivity index (χ2v) is 7.74. The molecule has 2 N–H and O–H groups in total. The SMILES string of the molecule is CC(C)c1nc(C2CCN(C(=O)NC3CCC(C(=O)O)CC3)CC2)no1. The maximum atomic E-state index is 12.5. The first-order valence-corrected chi connectivity index (χ1v) is 9.55. The van der Waals surface area contributed by atoms with E-state index in [-0.39, 0.29) is 29.8 Å². The second kappa shape index (κ2) is 8.05. The van der Waals surface area contributed by atoms with Crippen LogP contribution in [-0.2, 0) is 4.79 Å². The number of nitrogens with one attached hydrogen (secondary N) is 1. The van der Waals surface area contributed by atoms with Crippen molar-refractivity contribution < 1.29 is 19.2 Å². The van der Waals surface area contributed by atoms with Gasteiger partial charge in [-0.05, 0) is 38.5 Å². The van der Waals surface area contributed by atoms with Crippen LogP contribution in [0.3, 0.4) is 0 Å². The highest BCUT2D eigenvalue weighted by Crippen LogP contribution is 2.28. The predicted octanol–water partition coefficient (Wildman–Crippen LogP) is 2.73. The lowest BCUT2D eigenvalue weighted by Crippen LogP contribution is -2.48. The van der Waals surface area contributed by atoms with E-state index in [1.807, 2.05) is 18.7 Å². The van der Waals surface area contributed by atoms with E-state index in [0.717, 1.165) is 31.5 Å². The average Bonchev–Trinajstić information content (AvgIpc) is 3.13. The van der Waals surface area contributed by atoms with Gasteiger partial charge < -0.3 is 19.8 Å². The van der Waals surface area contributed by atoms with Gasteiger partial charge in [-0.2, -0.15) is 4.98 Å². The van der Waals surface area contributed by atoms with Crippen LogP contribution < -0.4 is 5.32 Å². The van der Waals surface area contributed by atoms with Gasteiger partial charge in [0.25, 0.3) is 0 Å². The summed E-state index contributed by atoms with van der Waals surface area (Å²) in [5, 5.41) is 16.2. The average molecular weight is 364 g/mol. The fourth-order valence-corrected chi connectivity index (χ4v) is 3.74. The lowest BCUT2D eigenvalue weighted by atomic mass is 9.86. The predicted molar refractivity (Wildman–Crippen MR) is 93.8 cm³/mol. The summed E-state index contributed by atoms with van der Waals surface area (Å²) < 4.78 is 5.28. The number of carboxylic acid groups (broad SMARTS) is 1. The molecule has 2 heterocycles. The zero-order valence-electron chi connectivity index (χ0n) is 15.5. The summed E-state index contributed by atoms with van der Waals surface area (Å²) in [6.07, 6.45) is 4.41. The van der Waals surface area contributed by atoms with E-state index < -0.39 is 5.97 Å². The molecule has 2 amide bonds. The molecule has 0 atom stereocenters. The maximum absolute atomic E-state index is 12.5. The van der Waals surface area contributed by atoms with Crippen molar-refractivity contribution in [3.63, 3.8) is 0 Å². The van der Waals surface area contributed by atoms with Crippen molar-refractivity contribution in [2.45, 2.75) is 70.3 Å². The molecule has 1 aromatic rings. The number of carbonyl (C=O) groups excluding carboxylic acids is 1. The van der Waals surface area contributed by atoms with Crippen LogP contribution in [0.15, 0.2) is 4.52 Å². The zero-order valence-corrected chi connectivity index (χ0v) is 15.5. The largest absolute Gasteiger partial charge is 0.481 e. The molecule has 2 fully saturated rings. The van der Waals surface area contributed by atoms with E-state index in [1.165, 1.54) is 0 Å². The summed E-state index contributed by atoms with van der Waals surface area (Å²) >= 11 is 0. The minimum Gasteiger partial charge on any atom is -0.481 e. The Hall–Kier alpha value is -2.12. The molecule has 0 unspecified atom stereocenters. The number of hydrogen-bond donors (Lipinski definition) is 2. The van der Waals surface area contributed by atoms with Gasteiger partial charge in [-0.3, -0.25) is 4.79 Å². The van der Waals surface area contributed by atoms with Gasteiger partial charge in [0.1, 0.15) is 0 Å². The third-order valence-electron chi connectivity index (χ3n) is 5.50. The van der Waals surface area contributed by atoms with Gasteiger partial charge in [-0.15, -0.1) is 0 Å². The molecular weight excluding hydrogens is 336 g/mol. The number of rotatable bonds is 4. The van der Waals surface area contributed by atoms with Gasteiger partial charge in [0.2, 0.25) is 5.89 Å². The number of aliphatic carboxylic acids is 1. The number of carboxylic acids is 1. The van der Waals surface area contributed by atoms with E-state index in [9.17, 15) is 9.59 Å². The Labute approximate surface area is 153 Å². The van der Waals surface area contributed by atoms with E-state index in [4.69, 9.17) is 9.63 Å². The molecule has 0 radical (unpaired) electrons. The summed E-state index contributed by atoms with van der Waals surface area (Å²) in [5.74, 6) is 0.890. The first kappa shape index (κ1) is 18.7. The van der Waals surface area contributed by atoms with Gasteiger partial charge >= 0.3 is 12.0 Å². The topological polar surface area (TPSA) is 109 Å². The maximum Gasteiger partial charge on any atom is 0.317 e. The first-order valence-electron chi connectivity index (χ1n) is 9.55. The number of aromatic nitrogens is 2. The van der Waals surface area contributed by atoms with Crippen molar-refractivity contribution in [2.75, 3.05) is 13.1 Å². The molecule has 8 nitrogen and oxygen atoms in total. The van der Waals surface area contributed by atoms with Crippen LogP contribution in [0, 0.1) is 5.92 Å². The summed E-state index contributed by atoms with van der Waals surface area (Å²) in [7, 11) is 0. The standard InChI is InChI=1S/C18H28N4O4/c1-11(2)16-20-15(21-26-16)12-7-9-22(10-8-12)18(25)19-14-5-3-13(4-6-14)17(23)24/h11-14H,3-10H2,1-2H3,(H,19,25)(H,23,24). The highest BCUT2D eigenvalue weighted by molar-refractivity contribution is 5.75. The molecule has 1 aromatic heterocycles. The summed E-state index contributed by atoms with van der Waals surface area (Å²) in [6.45, 7) is 5.39. The summed E-state index contributed by atoms with van der Waals surface area (Å²) in [6, 6.07) is 0.0415. The molecule has 1 aliphatic carbocycles. The molecule has 2 aliphatic rings. The number of urea groups is 1. The van der Waals surface area contributed by atoms with Crippen molar-refractivity contribution in [2.24, 2.45) is 5.92 Å².